The van der Waals surface area contributed by atoms with Crippen LogP contribution >= 0.6 is 0 Å². The highest BCUT2D eigenvalue weighted by atomic mass is 16.2. The van der Waals surface area contributed by atoms with Crippen LogP contribution < -0.4 is 5.73 Å². The third-order valence-electron chi connectivity index (χ3n) is 5.93. The van der Waals surface area contributed by atoms with Crippen molar-refractivity contribution < 1.29 is 4.79 Å². The molecule has 4 nitrogen and oxygen atoms in total. The molecule has 28 heavy (non-hydrogen) atoms. The molecule has 1 fully saturated rings. The minimum absolute atomic E-state index is 0.110. The molecule has 1 amide bonds. The van der Waals surface area contributed by atoms with E-state index in [0.29, 0.717) is 5.92 Å². The molecule has 4 heteroatoms. The monoisotopic (exact) mass is 373 g/mol. The molecule has 1 aliphatic rings. The molecular formula is C24H27N3O. The van der Waals surface area contributed by atoms with Crippen molar-refractivity contribution in [3.05, 3.63) is 71.4 Å². The summed E-state index contributed by atoms with van der Waals surface area (Å²) in [4.78, 5) is 19.8. The number of hydrogen-bond acceptors (Lipinski definition) is 3. The molecule has 4 rings (SSSR count). The van der Waals surface area contributed by atoms with E-state index in [4.69, 9.17) is 10.7 Å². The lowest BCUT2D eigenvalue weighted by Crippen LogP contribution is -2.40. The smallest absolute Gasteiger partial charge is 0.229 e. The van der Waals surface area contributed by atoms with Crippen LogP contribution in [0.1, 0.15) is 48.4 Å². The number of aryl methyl sites for hydroxylation is 1. The van der Waals surface area contributed by atoms with Crippen molar-refractivity contribution in [2.75, 3.05) is 18.8 Å². The molecule has 144 valence electrons. The largest absolute Gasteiger partial charge is 0.397 e. The number of carbonyl (C=O) groups is 1. The molecular weight excluding hydrogens is 346 g/mol. The summed E-state index contributed by atoms with van der Waals surface area (Å²) in [7, 11) is 0. The summed E-state index contributed by atoms with van der Waals surface area (Å²) in [6, 6.07) is 18.4. The fourth-order valence-electron chi connectivity index (χ4n) is 4.12. The lowest BCUT2D eigenvalue weighted by molar-refractivity contribution is -0.133. The number of likely N-dealkylation sites (tertiary alicyclic amines) is 1. The van der Waals surface area contributed by atoms with Crippen LogP contribution in [0, 0.1) is 6.92 Å². The number of carbonyl (C=O) groups excluding carboxylic acids is 1. The van der Waals surface area contributed by atoms with Gasteiger partial charge in [0.15, 0.2) is 0 Å². The molecule has 0 saturated carbocycles. The Kier molecular flexibility index (Phi) is 5.03. The fraction of sp³-hybridized carbons (Fsp3) is 0.333. The number of fused-ring (bicyclic) bond motifs is 1. The normalized spacial score (nSPS) is 16.3. The van der Waals surface area contributed by atoms with Crippen molar-refractivity contribution in [1.82, 2.24) is 9.88 Å². The lowest BCUT2D eigenvalue weighted by atomic mass is 9.90. The van der Waals surface area contributed by atoms with Crippen molar-refractivity contribution in [3.8, 4) is 0 Å². The highest BCUT2D eigenvalue weighted by Crippen LogP contribution is 2.33. The molecule has 0 bridgehead atoms. The van der Waals surface area contributed by atoms with Crippen LogP contribution in [0.3, 0.4) is 0 Å². The Bertz CT molecular complexity index is 988. The summed E-state index contributed by atoms with van der Waals surface area (Å²) < 4.78 is 0. The maximum Gasteiger partial charge on any atom is 0.229 e. The average molecular weight is 374 g/mol. The van der Waals surface area contributed by atoms with Crippen LogP contribution in [0.5, 0.6) is 0 Å². The standard InChI is InChI=1S/C24H27N3O/c1-16-7-9-18(10-8-16)17(2)24(28)27-13-11-19(12-14-27)23-21(25)15-20-5-3-4-6-22(20)26-23/h3-10,15,17,19H,11-14,25H2,1-2H3/t17-/m0/s1. The molecule has 2 aromatic carbocycles. The topological polar surface area (TPSA) is 59.2 Å². The number of pyridine rings is 1. The van der Waals surface area contributed by atoms with E-state index in [-0.39, 0.29) is 11.8 Å². The Morgan fingerprint density at radius 1 is 1.11 bits per heavy atom. The second-order valence-electron chi connectivity index (χ2n) is 7.89. The van der Waals surface area contributed by atoms with E-state index in [9.17, 15) is 4.79 Å². The van der Waals surface area contributed by atoms with Crippen molar-refractivity contribution in [3.63, 3.8) is 0 Å². The average Bonchev–Trinajstić information content (AvgIpc) is 2.73. The van der Waals surface area contributed by atoms with Gasteiger partial charge in [0.2, 0.25) is 5.91 Å². The van der Waals surface area contributed by atoms with Crippen molar-refractivity contribution >= 4 is 22.5 Å². The number of aromatic nitrogens is 1. The maximum absolute atomic E-state index is 13.0. The summed E-state index contributed by atoms with van der Waals surface area (Å²) >= 11 is 0. The van der Waals surface area contributed by atoms with Gasteiger partial charge in [0, 0.05) is 24.4 Å². The van der Waals surface area contributed by atoms with Crippen molar-refractivity contribution in [2.45, 2.75) is 38.5 Å². The zero-order valence-corrected chi connectivity index (χ0v) is 16.6. The third kappa shape index (κ3) is 3.59. The molecule has 1 aromatic heterocycles. The van der Waals surface area contributed by atoms with Gasteiger partial charge in [0.1, 0.15) is 0 Å². The van der Waals surface area contributed by atoms with Gasteiger partial charge >= 0.3 is 0 Å². The number of anilines is 1. The minimum atomic E-state index is -0.110. The van der Waals surface area contributed by atoms with Crippen LogP contribution in [0.2, 0.25) is 0 Å². The van der Waals surface area contributed by atoms with E-state index in [1.54, 1.807) is 0 Å². The summed E-state index contributed by atoms with van der Waals surface area (Å²) in [5.41, 5.74) is 11.3. The fourth-order valence-corrected chi connectivity index (χ4v) is 4.12. The Balaban J connectivity index is 1.45. The van der Waals surface area contributed by atoms with Crippen LogP contribution in [-0.4, -0.2) is 28.9 Å². The number of nitrogens with two attached hydrogens (primary N) is 1. The number of nitrogens with zero attached hydrogens (tertiary/aromatic N) is 2. The molecule has 0 radical (unpaired) electrons. The van der Waals surface area contributed by atoms with Gasteiger partial charge in [-0.3, -0.25) is 9.78 Å². The first-order valence-corrected chi connectivity index (χ1v) is 10.0. The molecule has 2 N–H and O–H groups in total. The Morgan fingerprint density at radius 2 is 1.79 bits per heavy atom. The highest BCUT2D eigenvalue weighted by Gasteiger charge is 2.28. The molecule has 0 spiro atoms. The van der Waals surface area contributed by atoms with Gasteiger partial charge in [-0.25, -0.2) is 0 Å². The van der Waals surface area contributed by atoms with Crippen molar-refractivity contribution in [1.29, 1.82) is 0 Å². The Labute approximate surface area is 166 Å². The first-order valence-electron chi connectivity index (χ1n) is 10.0. The van der Waals surface area contributed by atoms with E-state index in [1.807, 2.05) is 42.2 Å². The predicted molar refractivity (Wildman–Crippen MR) is 114 cm³/mol. The summed E-state index contributed by atoms with van der Waals surface area (Å²) in [6.45, 7) is 5.58. The molecule has 3 aromatic rings. The number of benzene rings is 2. The van der Waals surface area contributed by atoms with E-state index in [0.717, 1.165) is 53.8 Å². The molecule has 1 aliphatic heterocycles. The van der Waals surface area contributed by atoms with Crippen molar-refractivity contribution in [2.24, 2.45) is 0 Å². The number of hydrogen-bond donors (Lipinski definition) is 1. The van der Waals surface area contributed by atoms with E-state index < -0.39 is 0 Å². The van der Waals surface area contributed by atoms with Crippen LogP contribution in [0.25, 0.3) is 10.9 Å². The van der Waals surface area contributed by atoms with E-state index >= 15 is 0 Å². The molecule has 2 heterocycles. The zero-order chi connectivity index (χ0) is 19.7. The number of amides is 1. The summed E-state index contributed by atoms with van der Waals surface area (Å²) in [5.74, 6) is 0.408. The van der Waals surface area contributed by atoms with Crippen LogP contribution in [0.4, 0.5) is 5.69 Å². The van der Waals surface area contributed by atoms with Gasteiger partial charge in [0.25, 0.3) is 0 Å². The number of rotatable bonds is 3. The minimum Gasteiger partial charge on any atom is -0.397 e. The lowest BCUT2D eigenvalue weighted by Gasteiger charge is -2.34. The quantitative estimate of drug-likeness (QED) is 0.728. The first kappa shape index (κ1) is 18.5. The number of para-hydroxylation sites is 1. The van der Waals surface area contributed by atoms with E-state index in [1.165, 1.54) is 5.56 Å². The SMILES string of the molecule is Cc1ccc([C@H](C)C(=O)N2CCC(c3nc4ccccc4cc3N)CC2)cc1. The maximum atomic E-state index is 13.0. The van der Waals surface area contributed by atoms with Crippen LogP contribution in [0.15, 0.2) is 54.6 Å². The first-order chi connectivity index (χ1) is 13.5. The highest BCUT2D eigenvalue weighted by molar-refractivity contribution is 5.84. The third-order valence-corrected chi connectivity index (χ3v) is 5.93. The van der Waals surface area contributed by atoms with Gasteiger partial charge in [-0.15, -0.1) is 0 Å². The molecule has 0 aliphatic carbocycles. The summed E-state index contributed by atoms with van der Waals surface area (Å²) in [6.07, 6.45) is 1.81. The van der Waals surface area contributed by atoms with Gasteiger partial charge < -0.3 is 10.6 Å². The molecule has 0 unspecified atom stereocenters. The van der Waals surface area contributed by atoms with Gasteiger partial charge in [-0.1, -0.05) is 48.0 Å². The second kappa shape index (κ2) is 7.63. The van der Waals surface area contributed by atoms with Gasteiger partial charge in [-0.05, 0) is 44.4 Å². The molecule has 1 atom stereocenters. The Hall–Kier alpha value is -2.88. The molecule has 1 saturated heterocycles. The predicted octanol–water partition coefficient (Wildman–Crippen LogP) is 4.64. The zero-order valence-electron chi connectivity index (χ0n) is 16.6. The van der Waals surface area contributed by atoms with Gasteiger partial charge in [-0.2, -0.15) is 0 Å². The van der Waals surface area contributed by atoms with E-state index in [2.05, 4.69) is 31.2 Å². The Morgan fingerprint density at radius 3 is 2.50 bits per heavy atom. The summed E-state index contributed by atoms with van der Waals surface area (Å²) in [5, 5.41) is 1.07. The number of nitrogen functional groups attached to an aromatic ring is 1. The second-order valence-corrected chi connectivity index (χ2v) is 7.89. The van der Waals surface area contributed by atoms with Crippen LogP contribution in [-0.2, 0) is 4.79 Å². The number of piperidine rings is 1. The van der Waals surface area contributed by atoms with Gasteiger partial charge in [0.05, 0.1) is 22.8 Å².